The zero-order chi connectivity index (χ0) is 15.2. The molecule has 0 aliphatic carbocycles. The molecular weight excluding hydrogens is 246 g/mol. The minimum Gasteiger partial charge on any atom is -0.496 e. The van der Waals surface area contributed by atoms with E-state index >= 15 is 0 Å². The van der Waals surface area contributed by atoms with Gasteiger partial charge in [0.25, 0.3) is 0 Å². The maximum atomic E-state index is 5.48. The Labute approximate surface area is 124 Å². The summed E-state index contributed by atoms with van der Waals surface area (Å²) in [5, 5.41) is 3.65. The fourth-order valence-corrected chi connectivity index (χ4v) is 2.40. The molecule has 2 unspecified atom stereocenters. The van der Waals surface area contributed by atoms with E-state index in [-0.39, 0.29) is 5.54 Å². The molecule has 0 radical (unpaired) electrons. The lowest BCUT2D eigenvalue weighted by atomic mass is 9.85. The molecular formula is C18H31NO. The van der Waals surface area contributed by atoms with Gasteiger partial charge in [-0.2, -0.15) is 0 Å². The second-order valence-corrected chi connectivity index (χ2v) is 6.79. The summed E-state index contributed by atoms with van der Waals surface area (Å²) in [6.45, 7) is 12.4. The van der Waals surface area contributed by atoms with Gasteiger partial charge < -0.3 is 10.1 Å². The maximum Gasteiger partial charge on any atom is 0.122 e. The summed E-state index contributed by atoms with van der Waals surface area (Å²) in [7, 11) is 1.75. The molecule has 114 valence electrons. The molecule has 2 nitrogen and oxygen atoms in total. The Morgan fingerprint density at radius 1 is 1.20 bits per heavy atom. The third-order valence-electron chi connectivity index (χ3n) is 4.02. The van der Waals surface area contributed by atoms with Gasteiger partial charge in [-0.1, -0.05) is 38.5 Å². The van der Waals surface area contributed by atoms with Gasteiger partial charge in [0, 0.05) is 5.54 Å². The second kappa shape index (κ2) is 7.68. The van der Waals surface area contributed by atoms with Crippen LogP contribution in [0.25, 0.3) is 0 Å². The smallest absolute Gasteiger partial charge is 0.122 e. The molecule has 1 rings (SSSR count). The lowest BCUT2D eigenvalue weighted by molar-refractivity contribution is 0.289. The molecule has 0 aliphatic heterocycles. The first-order valence-electron chi connectivity index (χ1n) is 7.74. The fourth-order valence-electron chi connectivity index (χ4n) is 2.40. The van der Waals surface area contributed by atoms with Crippen LogP contribution in [0.5, 0.6) is 5.75 Å². The minimum atomic E-state index is 0.173. The number of hydrogen-bond acceptors (Lipinski definition) is 2. The average Bonchev–Trinajstić information content (AvgIpc) is 2.42. The molecule has 0 amide bonds. The molecule has 0 aromatic heterocycles. The molecule has 0 saturated heterocycles. The first kappa shape index (κ1) is 17.0. The van der Waals surface area contributed by atoms with Crippen LogP contribution >= 0.6 is 0 Å². The first-order valence-corrected chi connectivity index (χ1v) is 7.74. The summed E-state index contributed by atoms with van der Waals surface area (Å²) in [6, 6.07) is 8.38. The van der Waals surface area contributed by atoms with Gasteiger partial charge in [0.2, 0.25) is 0 Å². The zero-order valence-corrected chi connectivity index (χ0v) is 14.0. The molecule has 0 fully saturated rings. The van der Waals surface area contributed by atoms with Crippen LogP contribution in [0.2, 0.25) is 0 Å². The molecule has 1 N–H and O–H groups in total. The van der Waals surface area contributed by atoms with E-state index in [0.717, 1.165) is 18.7 Å². The predicted octanol–water partition coefficient (Wildman–Crippen LogP) is 4.29. The Bertz CT molecular complexity index is 395. The normalized spacial score (nSPS) is 14.9. The number of benzene rings is 1. The highest BCUT2D eigenvalue weighted by Gasteiger charge is 2.20. The summed E-state index contributed by atoms with van der Waals surface area (Å²) < 4.78 is 5.48. The molecule has 0 aliphatic rings. The van der Waals surface area contributed by atoms with E-state index in [4.69, 9.17) is 4.74 Å². The molecule has 1 aromatic carbocycles. The van der Waals surface area contributed by atoms with Gasteiger partial charge in [0.15, 0.2) is 0 Å². The van der Waals surface area contributed by atoms with E-state index in [0.29, 0.717) is 11.8 Å². The molecule has 0 saturated carbocycles. The second-order valence-electron chi connectivity index (χ2n) is 6.79. The van der Waals surface area contributed by atoms with Crippen LogP contribution in [-0.2, 0) is 6.42 Å². The highest BCUT2D eigenvalue weighted by atomic mass is 16.5. The number of rotatable bonds is 7. The summed E-state index contributed by atoms with van der Waals surface area (Å²) >= 11 is 0. The van der Waals surface area contributed by atoms with Gasteiger partial charge >= 0.3 is 0 Å². The van der Waals surface area contributed by atoms with E-state index in [1.807, 2.05) is 6.07 Å². The van der Waals surface area contributed by atoms with Gasteiger partial charge in [-0.05, 0) is 57.2 Å². The van der Waals surface area contributed by atoms with E-state index in [1.165, 1.54) is 12.0 Å². The average molecular weight is 277 g/mol. The number of methoxy groups -OCH3 is 1. The summed E-state index contributed by atoms with van der Waals surface area (Å²) in [4.78, 5) is 0. The number of para-hydroxylation sites is 1. The Morgan fingerprint density at radius 3 is 2.40 bits per heavy atom. The van der Waals surface area contributed by atoms with Gasteiger partial charge in [-0.15, -0.1) is 0 Å². The van der Waals surface area contributed by atoms with Crippen molar-refractivity contribution >= 4 is 0 Å². The molecule has 0 heterocycles. The van der Waals surface area contributed by atoms with Crippen molar-refractivity contribution in [3.63, 3.8) is 0 Å². The van der Waals surface area contributed by atoms with E-state index in [2.05, 4.69) is 58.1 Å². The minimum absolute atomic E-state index is 0.173. The molecule has 2 atom stereocenters. The monoisotopic (exact) mass is 277 g/mol. The maximum absolute atomic E-state index is 5.48. The van der Waals surface area contributed by atoms with E-state index in [1.54, 1.807) is 7.11 Å². The van der Waals surface area contributed by atoms with Crippen molar-refractivity contribution in [1.82, 2.24) is 5.32 Å². The van der Waals surface area contributed by atoms with Crippen molar-refractivity contribution in [3.8, 4) is 5.75 Å². The van der Waals surface area contributed by atoms with Gasteiger partial charge in [-0.3, -0.25) is 0 Å². The number of nitrogens with one attached hydrogen (secondary N) is 1. The largest absolute Gasteiger partial charge is 0.496 e. The van der Waals surface area contributed by atoms with Crippen LogP contribution in [0.1, 0.15) is 46.6 Å². The van der Waals surface area contributed by atoms with Crippen LogP contribution in [-0.4, -0.2) is 19.2 Å². The Kier molecular flexibility index (Phi) is 6.54. The van der Waals surface area contributed by atoms with Crippen LogP contribution in [0, 0.1) is 11.8 Å². The van der Waals surface area contributed by atoms with Crippen LogP contribution < -0.4 is 10.1 Å². The van der Waals surface area contributed by atoms with Crippen molar-refractivity contribution in [3.05, 3.63) is 29.8 Å². The van der Waals surface area contributed by atoms with Crippen LogP contribution in [0.15, 0.2) is 24.3 Å². The predicted molar refractivity (Wildman–Crippen MR) is 87.4 cm³/mol. The van der Waals surface area contributed by atoms with Crippen molar-refractivity contribution in [2.24, 2.45) is 11.8 Å². The molecule has 0 bridgehead atoms. The summed E-state index contributed by atoms with van der Waals surface area (Å²) in [5.41, 5.74) is 1.49. The van der Waals surface area contributed by atoms with Crippen LogP contribution in [0.3, 0.4) is 0 Å². The SMILES string of the molecule is CCC(C)C(CNC(C)(C)C)Cc1ccccc1OC. The summed E-state index contributed by atoms with van der Waals surface area (Å²) in [5.74, 6) is 2.35. The lowest BCUT2D eigenvalue weighted by Gasteiger charge is -2.29. The highest BCUT2D eigenvalue weighted by Crippen LogP contribution is 2.26. The van der Waals surface area contributed by atoms with Crippen molar-refractivity contribution < 1.29 is 4.74 Å². The van der Waals surface area contributed by atoms with Crippen molar-refractivity contribution in [1.29, 1.82) is 0 Å². The fraction of sp³-hybridized carbons (Fsp3) is 0.667. The lowest BCUT2D eigenvalue weighted by Crippen LogP contribution is -2.41. The van der Waals surface area contributed by atoms with Gasteiger partial charge in [-0.25, -0.2) is 0 Å². The third-order valence-corrected chi connectivity index (χ3v) is 4.02. The molecule has 2 heteroatoms. The zero-order valence-electron chi connectivity index (χ0n) is 14.0. The number of hydrogen-bond donors (Lipinski definition) is 1. The van der Waals surface area contributed by atoms with E-state index < -0.39 is 0 Å². The highest BCUT2D eigenvalue weighted by molar-refractivity contribution is 5.33. The van der Waals surface area contributed by atoms with Crippen molar-refractivity contribution in [2.75, 3.05) is 13.7 Å². The molecule has 1 aromatic rings. The van der Waals surface area contributed by atoms with Crippen LogP contribution in [0.4, 0.5) is 0 Å². The first-order chi connectivity index (χ1) is 9.37. The van der Waals surface area contributed by atoms with E-state index in [9.17, 15) is 0 Å². The topological polar surface area (TPSA) is 21.3 Å². The standard InChI is InChI=1S/C18H31NO/c1-7-14(2)16(13-19-18(3,4)5)12-15-10-8-9-11-17(15)20-6/h8-11,14,16,19H,7,12-13H2,1-6H3. The Hall–Kier alpha value is -1.02. The Balaban J connectivity index is 2.78. The molecule has 20 heavy (non-hydrogen) atoms. The van der Waals surface area contributed by atoms with Gasteiger partial charge in [0.1, 0.15) is 5.75 Å². The van der Waals surface area contributed by atoms with Crippen molar-refractivity contribution in [2.45, 2.75) is 53.0 Å². The molecule has 0 spiro atoms. The quantitative estimate of drug-likeness (QED) is 0.803. The third kappa shape index (κ3) is 5.54. The van der Waals surface area contributed by atoms with Gasteiger partial charge in [0.05, 0.1) is 7.11 Å². The Morgan fingerprint density at radius 2 is 1.85 bits per heavy atom. The summed E-state index contributed by atoms with van der Waals surface area (Å²) in [6.07, 6.45) is 2.29. The number of ether oxygens (including phenoxy) is 1.